The Balaban J connectivity index is 2.07. The highest BCUT2D eigenvalue weighted by atomic mass is 16.5. The summed E-state index contributed by atoms with van der Waals surface area (Å²) in [7, 11) is 0. The number of ether oxygens (including phenoxy) is 1. The molecular formula is C13H24N2O. The monoisotopic (exact) mass is 224 g/mol. The van der Waals surface area contributed by atoms with Crippen LogP contribution in [-0.4, -0.2) is 24.3 Å². The molecule has 1 heterocycles. The second-order valence-corrected chi connectivity index (χ2v) is 3.98. The standard InChI is InChI=1S/C13H24N2O/c1-3-8-15-9-6-13(12-15)11-14-7-5-10-16-4-2/h6,9,12,14H,3-5,7-8,10-11H2,1-2H3. The van der Waals surface area contributed by atoms with Crippen molar-refractivity contribution >= 4 is 0 Å². The molecule has 0 atom stereocenters. The van der Waals surface area contributed by atoms with Crippen LogP contribution in [0.15, 0.2) is 18.5 Å². The van der Waals surface area contributed by atoms with Gasteiger partial charge in [0.15, 0.2) is 0 Å². The molecule has 0 radical (unpaired) electrons. The van der Waals surface area contributed by atoms with Gasteiger partial charge in [0.2, 0.25) is 0 Å². The molecule has 0 bridgehead atoms. The van der Waals surface area contributed by atoms with E-state index in [1.54, 1.807) is 0 Å². The van der Waals surface area contributed by atoms with E-state index in [0.29, 0.717) is 0 Å². The molecule has 0 spiro atoms. The summed E-state index contributed by atoms with van der Waals surface area (Å²) in [5.41, 5.74) is 1.37. The first-order chi connectivity index (χ1) is 7.86. The number of nitrogens with one attached hydrogen (secondary N) is 1. The zero-order chi connectivity index (χ0) is 11.6. The van der Waals surface area contributed by atoms with Crippen LogP contribution >= 0.6 is 0 Å². The molecule has 0 aliphatic heterocycles. The zero-order valence-corrected chi connectivity index (χ0v) is 10.5. The van der Waals surface area contributed by atoms with E-state index in [9.17, 15) is 0 Å². The molecular weight excluding hydrogens is 200 g/mol. The fraction of sp³-hybridized carbons (Fsp3) is 0.692. The van der Waals surface area contributed by atoms with Crippen LogP contribution < -0.4 is 5.32 Å². The van der Waals surface area contributed by atoms with E-state index in [1.807, 2.05) is 6.92 Å². The first-order valence-electron chi connectivity index (χ1n) is 6.30. The fourth-order valence-electron chi connectivity index (χ4n) is 1.67. The molecule has 16 heavy (non-hydrogen) atoms. The van der Waals surface area contributed by atoms with Crippen LogP contribution in [0.25, 0.3) is 0 Å². The molecule has 0 fully saturated rings. The van der Waals surface area contributed by atoms with Gasteiger partial charge in [0, 0.05) is 38.7 Å². The summed E-state index contributed by atoms with van der Waals surface area (Å²) in [6.45, 7) is 9.02. The molecule has 3 nitrogen and oxygen atoms in total. The Kier molecular flexibility index (Phi) is 6.93. The topological polar surface area (TPSA) is 26.2 Å². The molecule has 1 aromatic heterocycles. The predicted octanol–water partition coefficient (Wildman–Crippen LogP) is 2.41. The molecule has 3 heteroatoms. The van der Waals surface area contributed by atoms with Crippen LogP contribution in [-0.2, 0) is 17.8 Å². The Morgan fingerprint density at radius 3 is 3.00 bits per heavy atom. The maximum Gasteiger partial charge on any atom is 0.0477 e. The molecule has 0 amide bonds. The third-order valence-corrected chi connectivity index (χ3v) is 2.47. The molecule has 1 aromatic rings. The Morgan fingerprint density at radius 1 is 1.38 bits per heavy atom. The summed E-state index contributed by atoms with van der Waals surface area (Å²) in [5, 5.41) is 3.42. The molecule has 0 unspecified atom stereocenters. The van der Waals surface area contributed by atoms with Crippen molar-refractivity contribution in [1.82, 2.24) is 9.88 Å². The number of hydrogen-bond acceptors (Lipinski definition) is 2. The molecule has 0 aliphatic carbocycles. The highest BCUT2D eigenvalue weighted by Gasteiger charge is 1.95. The van der Waals surface area contributed by atoms with Crippen LogP contribution in [0.2, 0.25) is 0 Å². The first kappa shape index (κ1) is 13.3. The molecule has 1 rings (SSSR count). The van der Waals surface area contributed by atoms with Crippen molar-refractivity contribution in [3.63, 3.8) is 0 Å². The van der Waals surface area contributed by atoms with E-state index in [4.69, 9.17) is 4.74 Å². The number of nitrogens with zero attached hydrogens (tertiary/aromatic N) is 1. The van der Waals surface area contributed by atoms with Gasteiger partial charge in [0.1, 0.15) is 0 Å². The average molecular weight is 224 g/mol. The third kappa shape index (κ3) is 5.33. The normalized spacial score (nSPS) is 10.9. The van der Waals surface area contributed by atoms with Gasteiger partial charge in [-0.1, -0.05) is 6.92 Å². The lowest BCUT2D eigenvalue weighted by Gasteiger charge is -2.03. The summed E-state index contributed by atoms with van der Waals surface area (Å²) < 4.78 is 7.52. The Hall–Kier alpha value is -0.800. The predicted molar refractivity (Wildman–Crippen MR) is 67.5 cm³/mol. The van der Waals surface area contributed by atoms with Crippen molar-refractivity contribution in [3.8, 4) is 0 Å². The minimum absolute atomic E-state index is 0.819. The Labute approximate surface area is 98.8 Å². The van der Waals surface area contributed by atoms with Gasteiger partial charge >= 0.3 is 0 Å². The van der Waals surface area contributed by atoms with Gasteiger partial charge in [0.25, 0.3) is 0 Å². The van der Waals surface area contributed by atoms with Crippen molar-refractivity contribution in [3.05, 3.63) is 24.0 Å². The summed E-state index contributed by atoms with van der Waals surface area (Å²) in [6, 6.07) is 2.19. The summed E-state index contributed by atoms with van der Waals surface area (Å²) in [6.07, 6.45) is 6.65. The largest absolute Gasteiger partial charge is 0.382 e. The quantitative estimate of drug-likeness (QED) is 0.652. The van der Waals surface area contributed by atoms with Gasteiger partial charge < -0.3 is 14.6 Å². The highest BCUT2D eigenvalue weighted by molar-refractivity contribution is 5.09. The number of aromatic nitrogens is 1. The first-order valence-corrected chi connectivity index (χ1v) is 6.30. The van der Waals surface area contributed by atoms with Gasteiger partial charge in [-0.2, -0.15) is 0 Å². The van der Waals surface area contributed by atoms with Crippen LogP contribution in [0.3, 0.4) is 0 Å². The van der Waals surface area contributed by atoms with Crippen LogP contribution in [0.4, 0.5) is 0 Å². The minimum Gasteiger partial charge on any atom is -0.382 e. The number of aryl methyl sites for hydroxylation is 1. The van der Waals surface area contributed by atoms with Crippen molar-refractivity contribution in [2.45, 2.75) is 39.8 Å². The fourth-order valence-corrected chi connectivity index (χ4v) is 1.67. The van der Waals surface area contributed by atoms with Gasteiger partial charge in [-0.05, 0) is 37.9 Å². The molecule has 1 N–H and O–H groups in total. The molecule has 0 aromatic carbocycles. The van der Waals surface area contributed by atoms with Gasteiger partial charge in [0.05, 0.1) is 0 Å². The van der Waals surface area contributed by atoms with Crippen LogP contribution in [0.1, 0.15) is 32.3 Å². The maximum absolute atomic E-state index is 5.28. The van der Waals surface area contributed by atoms with Crippen molar-refractivity contribution in [2.75, 3.05) is 19.8 Å². The lowest BCUT2D eigenvalue weighted by molar-refractivity contribution is 0.144. The molecule has 0 saturated heterocycles. The minimum atomic E-state index is 0.819. The smallest absolute Gasteiger partial charge is 0.0477 e. The van der Waals surface area contributed by atoms with E-state index in [1.165, 1.54) is 12.0 Å². The summed E-state index contributed by atoms with van der Waals surface area (Å²) in [4.78, 5) is 0. The van der Waals surface area contributed by atoms with E-state index >= 15 is 0 Å². The van der Waals surface area contributed by atoms with Crippen molar-refractivity contribution in [1.29, 1.82) is 0 Å². The number of rotatable bonds is 9. The second kappa shape index (κ2) is 8.36. The van der Waals surface area contributed by atoms with E-state index < -0.39 is 0 Å². The number of hydrogen-bond donors (Lipinski definition) is 1. The molecule has 92 valence electrons. The SMILES string of the molecule is CCCn1ccc(CNCCCOCC)c1. The lowest BCUT2D eigenvalue weighted by atomic mass is 10.3. The third-order valence-electron chi connectivity index (χ3n) is 2.47. The van der Waals surface area contributed by atoms with E-state index in [2.05, 4.69) is 35.3 Å². The second-order valence-electron chi connectivity index (χ2n) is 3.98. The average Bonchev–Trinajstić information content (AvgIpc) is 2.72. The Morgan fingerprint density at radius 2 is 2.25 bits per heavy atom. The van der Waals surface area contributed by atoms with Crippen LogP contribution in [0, 0.1) is 0 Å². The van der Waals surface area contributed by atoms with Gasteiger partial charge in [-0.3, -0.25) is 0 Å². The summed E-state index contributed by atoms with van der Waals surface area (Å²) >= 11 is 0. The van der Waals surface area contributed by atoms with Crippen molar-refractivity contribution in [2.24, 2.45) is 0 Å². The molecule has 0 aliphatic rings. The zero-order valence-electron chi connectivity index (χ0n) is 10.5. The van der Waals surface area contributed by atoms with Crippen molar-refractivity contribution < 1.29 is 4.74 Å². The lowest BCUT2D eigenvalue weighted by Crippen LogP contribution is -2.16. The summed E-state index contributed by atoms with van der Waals surface area (Å²) in [5.74, 6) is 0. The highest BCUT2D eigenvalue weighted by Crippen LogP contribution is 2.01. The molecule has 0 saturated carbocycles. The van der Waals surface area contributed by atoms with E-state index in [-0.39, 0.29) is 0 Å². The van der Waals surface area contributed by atoms with Gasteiger partial charge in [-0.15, -0.1) is 0 Å². The Bertz CT molecular complexity index is 271. The van der Waals surface area contributed by atoms with Crippen LogP contribution in [0.5, 0.6) is 0 Å². The van der Waals surface area contributed by atoms with E-state index in [0.717, 1.165) is 39.3 Å². The maximum atomic E-state index is 5.28. The van der Waals surface area contributed by atoms with Gasteiger partial charge in [-0.25, -0.2) is 0 Å².